The molecule has 23 heavy (non-hydrogen) atoms. The van der Waals surface area contributed by atoms with Gasteiger partial charge in [0.25, 0.3) is 5.91 Å². The topological polar surface area (TPSA) is 46.6 Å². The number of carbonyl (C=O) groups is 2. The number of likely N-dealkylation sites (N-methyl/N-ethyl adjacent to an activating group) is 1. The van der Waals surface area contributed by atoms with Crippen LogP contribution < -0.4 is 4.90 Å². The van der Waals surface area contributed by atoms with E-state index in [9.17, 15) is 9.59 Å². The van der Waals surface area contributed by atoms with E-state index < -0.39 is 12.1 Å². The molecule has 0 heterocycles. The highest BCUT2D eigenvalue weighted by Gasteiger charge is 2.23. The van der Waals surface area contributed by atoms with Crippen molar-refractivity contribution in [2.75, 3.05) is 11.9 Å². The van der Waals surface area contributed by atoms with E-state index in [4.69, 9.17) is 4.74 Å². The second-order valence-electron chi connectivity index (χ2n) is 5.66. The van der Waals surface area contributed by atoms with Crippen LogP contribution in [0.5, 0.6) is 0 Å². The second-order valence-corrected chi connectivity index (χ2v) is 5.66. The van der Waals surface area contributed by atoms with Crippen LogP contribution in [0.2, 0.25) is 0 Å². The second kappa shape index (κ2) is 7.09. The standard InChI is InChI=1S/C19H21NO3/c1-13-10-14(2)12-16(11-13)19(22)23-15(3)18(21)20(4)17-8-6-5-7-9-17/h5-12,15H,1-4H3. The first-order chi connectivity index (χ1) is 10.9. The minimum Gasteiger partial charge on any atom is -0.449 e. The van der Waals surface area contributed by atoms with Gasteiger partial charge in [0, 0.05) is 12.7 Å². The molecule has 0 spiro atoms. The zero-order valence-electron chi connectivity index (χ0n) is 13.9. The Balaban J connectivity index is 2.07. The highest BCUT2D eigenvalue weighted by atomic mass is 16.5. The fraction of sp³-hybridized carbons (Fsp3) is 0.263. The molecule has 4 heteroatoms. The number of nitrogens with zero attached hydrogens (tertiary/aromatic N) is 1. The molecule has 0 radical (unpaired) electrons. The summed E-state index contributed by atoms with van der Waals surface area (Å²) in [4.78, 5) is 26.1. The van der Waals surface area contributed by atoms with Gasteiger partial charge < -0.3 is 9.64 Å². The number of para-hydroxylation sites is 1. The maximum atomic E-state index is 12.4. The van der Waals surface area contributed by atoms with Gasteiger partial charge in [-0.3, -0.25) is 4.79 Å². The number of esters is 1. The molecule has 0 saturated carbocycles. The molecule has 2 rings (SSSR count). The van der Waals surface area contributed by atoms with Crippen LogP contribution in [0.15, 0.2) is 48.5 Å². The minimum atomic E-state index is -0.853. The highest BCUT2D eigenvalue weighted by Crippen LogP contribution is 2.15. The summed E-state index contributed by atoms with van der Waals surface area (Å²) in [6, 6.07) is 14.7. The Kier molecular flexibility index (Phi) is 5.16. The van der Waals surface area contributed by atoms with E-state index in [1.165, 1.54) is 4.90 Å². The number of hydrogen-bond acceptors (Lipinski definition) is 3. The SMILES string of the molecule is Cc1cc(C)cc(C(=O)OC(C)C(=O)N(C)c2ccccc2)c1. The highest BCUT2D eigenvalue weighted by molar-refractivity contribution is 5.98. The zero-order chi connectivity index (χ0) is 17.0. The van der Waals surface area contributed by atoms with E-state index in [1.54, 1.807) is 26.1 Å². The lowest BCUT2D eigenvalue weighted by Crippen LogP contribution is -2.37. The van der Waals surface area contributed by atoms with E-state index >= 15 is 0 Å². The quantitative estimate of drug-likeness (QED) is 0.812. The maximum absolute atomic E-state index is 12.4. The predicted molar refractivity (Wildman–Crippen MR) is 90.6 cm³/mol. The maximum Gasteiger partial charge on any atom is 0.338 e. The average molecular weight is 311 g/mol. The smallest absolute Gasteiger partial charge is 0.338 e. The van der Waals surface area contributed by atoms with Crippen LogP contribution in [-0.2, 0) is 9.53 Å². The summed E-state index contributed by atoms with van der Waals surface area (Å²) >= 11 is 0. The van der Waals surface area contributed by atoms with Gasteiger partial charge in [-0.1, -0.05) is 35.4 Å². The number of aryl methyl sites for hydroxylation is 2. The van der Waals surface area contributed by atoms with Crippen molar-refractivity contribution in [3.8, 4) is 0 Å². The first-order valence-corrected chi connectivity index (χ1v) is 7.50. The number of benzene rings is 2. The molecule has 1 unspecified atom stereocenters. The molecular formula is C19H21NO3. The minimum absolute atomic E-state index is 0.270. The summed E-state index contributed by atoms with van der Waals surface area (Å²) in [6.07, 6.45) is -0.853. The third-order valence-corrected chi connectivity index (χ3v) is 3.56. The Morgan fingerprint density at radius 3 is 2.13 bits per heavy atom. The molecule has 0 aliphatic rings. The molecule has 0 aliphatic heterocycles. The Hall–Kier alpha value is -2.62. The third-order valence-electron chi connectivity index (χ3n) is 3.56. The van der Waals surface area contributed by atoms with Gasteiger partial charge in [0.15, 0.2) is 6.10 Å². The molecule has 120 valence electrons. The van der Waals surface area contributed by atoms with Crippen molar-refractivity contribution in [2.45, 2.75) is 26.9 Å². The van der Waals surface area contributed by atoms with E-state index in [2.05, 4.69) is 0 Å². The van der Waals surface area contributed by atoms with Crippen molar-refractivity contribution in [2.24, 2.45) is 0 Å². The van der Waals surface area contributed by atoms with Gasteiger partial charge >= 0.3 is 5.97 Å². The number of ether oxygens (including phenoxy) is 1. The lowest BCUT2D eigenvalue weighted by Gasteiger charge is -2.21. The first-order valence-electron chi connectivity index (χ1n) is 7.50. The monoisotopic (exact) mass is 311 g/mol. The molecule has 0 aliphatic carbocycles. The van der Waals surface area contributed by atoms with Gasteiger partial charge in [0.2, 0.25) is 0 Å². The Morgan fingerprint density at radius 2 is 1.57 bits per heavy atom. The molecule has 4 nitrogen and oxygen atoms in total. The molecule has 1 atom stereocenters. The largest absolute Gasteiger partial charge is 0.449 e. The fourth-order valence-electron chi connectivity index (χ4n) is 2.42. The first kappa shape index (κ1) is 16.7. The Bertz CT molecular complexity index is 690. The van der Waals surface area contributed by atoms with Gasteiger partial charge in [-0.15, -0.1) is 0 Å². The van der Waals surface area contributed by atoms with Crippen LogP contribution in [0.1, 0.15) is 28.4 Å². The fourth-order valence-corrected chi connectivity index (χ4v) is 2.42. The van der Waals surface area contributed by atoms with Crippen LogP contribution in [0.3, 0.4) is 0 Å². The van der Waals surface area contributed by atoms with Crippen molar-refractivity contribution in [1.82, 2.24) is 0 Å². The van der Waals surface area contributed by atoms with Crippen LogP contribution in [0, 0.1) is 13.8 Å². The number of hydrogen-bond donors (Lipinski definition) is 0. The molecule has 0 aromatic heterocycles. The van der Waals surface area contributed by atoms with Crippen molar-refractivity contribution in [3.63, 3.8) is 0 Å². The van der Waals surface area contributed by atoms with Gasteiger partial charge in [-0.2, -0.15) is 0 Å². The predicted octanol–water partition coefficient (Wildman–Crippen LogP) is 3.51. The van der Waals surface area contributed by atoms with Crippen LogP contribution in [0.25, 0.3) is 0 Å². The summed E-state index contributed by atoms with van der Waals surface area (Å²) in [5.74, 6) is -0.756. The van der Waals surface area contributed by atoms with Crippen LogP contribution >= 0.6 is 0 Å². The van der Waals surface area contributed by atoms with E-state index in [0.717, 1.165) is 16.8 Å². The van der Waals surface area contributed by atoms with Gasteiger partial charge in [-0.05, 0) is 45.0 Å². The van der Waals surface area contributed by atoms with E-state index in [-0.39, 0.29) is 5.91 Å². The number of rotatable bonds is 4. The van der Waals surface area contributed by atoms with E-state index in [1.807, 2.05) is 50.2 Å². The summed E-state index contributed by atoms with van der Waals surface area (Å²) < 4.78 is 5.32. The van der Waals surface area contributed by atoms with Crippen molar-refractivity contribution < 1.29 is 14.3 Å². The zero-order valence-corrected chi connectivity index (χ0v) is 13.9. The Morgan fingerprint density at radius 1 is 1.00 bits per heavy atom. The van der Waals surface area contributed by atoms with Crippen molar-refractivity contribution >= 4 is 17.6 Å². The molecule has 2 aromatic carbocycles. The normalized spacial score (nSPS) is 11.7. The molecule has 0 N–H and O–H groups in total. The van der Waals surface area contributed by atoms with Crippen LogP contribution in [-0.4, -0.2) is 25.0 Å². The summed E-state index contributed by atoms with van der Waals surface area (Å²) in [5.41, 5.74) is 3.19. The number of amides is 1. The molecule has 0 bridgehead atoms. The Labute approximate surface area is 136 Å². The summed E-state index contributed by atoms with van der Waals surface area (Å²) in [5, 5.41) is 0. The van der Waals surface area contributed by atoms with Crippen LogP contribution in [0.4, 0.5) is 5.69 Å². The van der Waals surface area contributed by atoms with Gasteiger partial charge in [0.1, 0.15) is 0 Å². The summed E-state index contributed by atoms with van der Waals surface area (Å²) in [6.45, 7) is 5.42. The summed E-state index contributed by atoms with van der Waals surface area (Å²) in [7, 11) is 1.67. The number of anilines is 1. The lowest BCUT2D eigenvalue weighted by molar-refractivity contribution is -0.126. The number of carbonyl (C=O) groups excluding carboxylic acids is 2. The lowest BCUT2D eigenvalue weighted by atomic mass is 10.1. The molecular weight excluding hydrogens is 290 g/mol. The van der Waals surface area contributed by atoms with Gasteiger partial charge in [-0.25, -0.2) is 4.79 Å². The van der Waals surface area contributed by atoms with Gasteiger partial charge in [0.05, 0.1) is 5.56 Å². The molecule has 0 fully saturated rings. The molecule has 0 saturated heterocycles. The van der Waals surface area contributed by atoms with Crippen molar-refractivity contribution in [1.29, 1.82) is 0 Å². The third kappa shape index (κ3) is 4.19. The molecule has 2 aromatic rings. The van der Waals surface area contributed by atoms with E-state index in [0.29, 0.717) is 5.56 Å². The van der Waals surface area contributed by atoms with Crippen molar-refractivity contribution in [3.05, 3.63) is 65.2 Å². The molecule has 1 amide bonds. The average Bonchev–Trinajstić information content (AvgIpc) is 2.53.